The van der Waals surface area contributed by atoms with Gasteiger partial charge in [0.15, 0.2) is 11.8 Å². The van der Waals surface area contributed by atoms with Crippen molar-refractivity contribution in [1.29, 1.82) is 0 Å². The second-order valence-electron chi connectivity index (χ2n) is 8.09. The molecular formula is C19H33IN6O. The molecule has 1 N–H and O–H groups in total. The molecule has 0 radical (unpaired) electrons. The lowest BCUT2D eigenvalue weighted by atomic mass is 9.82. The van der Waals surface area contributed by atoms with Gasteiger partial charge < -0.3 is 19.5 Å². The first-order chi connectivity index (χ1) is 12.7. The van der Waals surface area contributed by atoms with Crippen LogP contribution >= 0.6 is 24.0 Å². The second kappa shape index (κ2) is 9.54. The molecule has 3 atom stereocenters. The average Bonchev–Trinajstić information content (AvgIpc) is 3.37. The Kier molecular flexibility index (Phi) is 7.35. The molecule has 0 spiro atoms. The minimum Gasteiger partial charge on any atom is -0.376 e. The molecule has 2 aliphatic heterocycles. The maximum Gasteiger partial charge on any atom is 0.194 e. The van der Waals surface area contributed by atoms with Crippen LogP contribution in [0.15, 0.2) is 4.99 Å². The molecule has 4 rings (SSSR count). The Balaban J connectivity index is 0.00000210. The summed E-state index contributed by atoms with van der Waals surface area (Å²) in [4.78, 5) is 7.39. The van der Waals surface area contributed by atoms with Gasteiger partial charge in [-0.3, -0.25) is 0 Å². The highest BCUT2D eigenvalue weighted by Gasteiger charge is 2.35. The monoisotopic (exact) mass is 488 g/mol. The fourth-order valence-corrected chi connectivity index (χ4v) is 4.59. The predicted octanol–water partition coefficient (Wildman–Crippen LogP) is 2.49. The van der Waals surface area contributed by atoms with Gasteiger partial charge in [0, 0.05) is 33.3 Å². The number of rotatable bonds is 4. The van der Waals surface area contributed by atoms with Crippen molar-refractivity contribution in [2.75, 3.05) is 26.2 Å². The number of nitrogens with zero attached hydrogens (tertiary/aromatic N) is 5. The first kappa shape index (κ1) is 20.8. The minimum atomic E-state index is 0. The van der Waals surface area contributed by atoms with Gasteiger partial charge in [0.25, 0.3) is 0 Å². The summed E-state index contributed by atoms with van der Waals surface area (Å²) in [6.45, 7) is 6.56. The highest BCUT2D eigenvalue weighted by atomic mass is 127. The van der Waals surface area contributed by atoms with Crippen molar-refractivity contribution in [1.82, 2.24) is 25.0 Å². The van der Waals surface area contributed by atoms with E-state index >= 15 is 0 Å². The Labute approximate surface area is 179 Å². The van der Waals surface area contributed by atoms with E-state index in [4.69, 9.17) is 9.73 Å². The summed E-state index contributed by atoms with van der Waals surface area (Å²) in [5, 5.41) is 12.0. The highest BCUT2D eigenvalue weighted by Crippen LogP contribution is 2.36. The SMILES string of the molecule is Cc1nnc(CN=C(NCC2CCCO2)N2CC3CCCCC3C2)n1C.I. The van der Waals surface area contributed by atoms with Crippen molar-refractivity contribution >= 4 is 29.9 Å². The van der Waals surface area contributed by atoms with E-state index in [1.54, 1.807) is 0 Å². The number of aryl methyl sites for hydroxylation is 1. The van der Waals surface area contributed by atoms with Crippen LogP contribution in [0.25, 0.3) is 0 Å². The van der Waals surface area contributed by atoms with E-state index in [0.717, 1.165) is 62.1 Å². The van der Waals surface area contributed by atoms with E-state index in [1.807, 2.05) is 18.5 Å². The molecule has 1 aliphatic carbocycles. The highest BCUT2D eigenvalue weighted by molar-refractivity contribution is 14.0. The van der Waals surface area contributed by atoms with E-state index in [2.05, 4.69) is 20.4 Å². The van der Waals surface area contributed by atoms with Crippen LogP contribution in [-0.4, -0.2) is 58.0 Å². The summed E-state index contributed by atoms with van der Waals surface area (Å²) >= 11 is 0. The number of fused-ring (bicyclic) bond motifs is 1. The van der Waals surface area contributed by atoms with Crippen LogP contribution in [0.4, 0.5) is 0 Å². The first-order valence-corrected chi connectivity index (χ1v) is 10.2. The van der Waals surface area contributed by atoms with E-state index in [9.17, 15) is 0 Å². The lowest BCUT2D eigenvalue weighted by Gasteiger charge is -2.23. The Morgan fingerprint density at radius 2 is 1.89 bits per heavy atom. The summed E-state index contributed by atoms with van der Waals surface area (Å²) < 4.78 is 7.80. The third kappa shape index (κ3) is 4.93. The maximum atomic E-state index is 5.78. The molecule has 7 nitrogen and oxygen atoms in total. The number of guanidine groups is 1. The Bertz CT molecular complexity index is 628. The zero-order chi connectivity index (χ0) is 17.9. The molecule has 27 heavy (non-hydrogen) atoms. The van der Waals surface area contributed by atoms with Gasteiger partial charge in [-0.15, -0.1) is 34.2 Å². The number of halogens is 1. The summed E-state index contributed by atoms with van der Waals surface area (Å²) in [7, 11) is 2.00. The Morgan fingerprint density at radius 1 is 1.15 bits per heavy atom. The minimum absolute atomic E-state index is 0. The zero-order valence-corrected chi connectivity index (χ0v) is 18.9. The van der Waals surface area contributed by atoms with Gasteiger partial charge in [0.1, 0.15) is 12.4 Å². The molecule has 8 heteroatoms. The molecule has 1 saturated carbocycles. The van der Waals surface area contributed by atoms with Gasteiger partial charge >= 0.3 is 0 Å². The molecule has 1 aromatic rings. The normalized spacial score (nSPS) is 28.1. The molecule has 1 aromatic heterocycles. The van der Waals surface area contributed by atoms with Crippen LogP contribution < -0.4 is 5.32 Å². The largest absolute Gasteiger partial charge is 0.376 e. The van der Waals surface area contributed by atoms with Gasteiger partial charge in [-0.1, -0.05) is 12.8 Å². The fraction of sp³-hybridized carbons (Fsp3) is 0.842. The number of ether oxygens (including phenoxy) is 1. The van der Waals surface area contributed by atoms with Crippen molar-refractivity contribution in [2.45, 2.75) is 58.1 Å². The van der Waals surface area contributed by atoms with Gasteiger partial charge in [-0.05, 0) is 44.4 Å². The third-order valence-electron chi connectivity index (χ3n) is 6.34. The number of nitrogens with one attached hydrogen (secondary N) is 1. The predicted molar refractivity (Wildman–Crippen MR) is 116 cm³/mol. The second-order valence-corrected chi connectivity index (χ2v) is 8.09. The van der Waals surface area contributed by atoms with Crippen LogP contribution in [0.2, 0.25) is 0 Å². The average molecular weight is 488 g/mol. The number of hydrogen-bond acceptors (Lipinski definition) is 4. The quantitative estimate of drug-likeness (QED) is 0.401. The lowest BCUT2D eigenvalue weighted by molar-refractivity contribution is 0.113. The molecule has 0 amide bonds. The molecule has 3 fully saturated rings. The van der Waals surface area contributed by atoms with Crippen LogP contribution in [0.1, 0.15) is 50.2 Å². The fourth-order valence-electron chi connectivity index (χ4n) is 4.59. The molecule has 0 aromatic carbocycles. The van der Waals surface area contributed by atoms with E-state index in [-0.39, 0.29) is 24.0 Å². The van der Waals surface area contributed by atoms with E-state index in [1.165, 1.54) is 32.1 Å². The topological polar surface area (TPSA) is 67.6 Å². The molecular weight excluding hydrogens is 455 g/mol. The summed E-state index contributed by atoms with van der Waals surface area (Å²) in [5.41, 5.74) is 0. The number of hydrogen-bond donors (Lipinski definition) is 1. The molecule has 152 valence electrons. The van der Waals surface area contributed by atoms with Gasteiger partial charge in [-0.25, -0.2) is 4.99 Å². The third-order valence-corrected chi connectivity index (χ3v) is 6.34. The van der Waals surface area contributed by atoms with Crippen molar-refractivity contribution in [3.8, 4) is 0 Å². The van der Waals surface area contributed by atoms with Crippen LogP contribution in [0, 0.1) is 18.8 Å². The van der Waals surface area contributed by atoms with Crippen molar-refractivity contribution in [3.63, 3.8) is 0 Å². The molecule has 3 heterocycles. The summed E-state index contributed by atoms with van der Waals surface area (Å²) in [6.07, 6.45) is 8.18. The van der Waals surface area contributed by atoms with Crippen molar-refractivity contribution in [3.05, 3.63) is 11.6 Å². The van der Waals surface area contributed by atoms with E-state index < -0.39 is 0 Å². The number of aromatic nitrogens is 3. The van der Waals surface area contributed by atoms with Crippen molar-refractivity contribution in [2.24, 2.45) is 23.9 Å². The van der Waals surface area contributed by atoms with Gasteiger partial charge in [0.05, 0.1) is 6.10 Å². The van der Waals surface area contributed by atoms with E-state index in [0.29, 0.717) is 12.6 Å². The maximum absolute atomic E-state index is 5.78. The zero-order valence-electron chi connectivity index (χ0n) is 16.6. The molecule has 3 unspecified atom stereocenters. The number of likely N-dealkylation sites (tertiary alicyclic amines) is 1. The molecule has 2 saturated heterocycles. The summed E-state index contributed by atoms with van der Waals surface area (Å²) in [5.74, 6) is 4.55. The Morgan fingerprint density at radius 3 is 2.48 bits per heavy atom. The van der Waals surface area contributed by atoms with Crippen molar-refractivity contribution < 1.29 is 4.74 Å². The molecule has 3 aliphatic rings. The van der Waals surface area contributed by atoms with Gasteiger partial charge in [-0.2, -0.15) is 0 Å². The van der Waals surface area contributed by atoms with Gasteiger partial charge in [0.2, 0.25) is 0 Å². The van der Waals surface area contributed by atoms with Crippen LogP contribution in [0.5, 0.6) is 0 Å². The smallest absolute Gasteiger partial charge is 0.194 e. The standard InChI is InChI=1S/C19H32N6O.HI/c1-14-22-23-18(24(14)2)11-21-19(20-10-17-8-5-9-26-17)25-12-15-6-3-4-7-16(15)13-25;/h15-17H,3-13H2,1-2H3,(H,20,21);1H. The van der Waals surface area contributed by atoms with Crippen LogP contribution in [0.3, 0.4) is 0 Å². The first-order valence-electron chi connectivity index (χ1n) is 10.2. The Hall–Kier alpha value is -0.900. The van der Waals surface area contributed by atoms with Crippen LogP contribution in [-0.2, 0) is 18.3 Å². The number of aliphatic imine (C=N–C) groups is 1. The molecule has 0 bridgehead atoms. The summed E-state index contributed by atoms with van der Waals surface area (Å²) in [6, 6.07) is 0. The lowest BCUT2D eigenvalue weighted by Crippen LogP contribution is -2.43.